The molecule has 0 aliphatic heterocycles. The molecule has 0 bridgehead atoms. The number of rotatable bonds is 1. The zero-order chi connectivity index (χ0) is 17.9. The maximum absolute atomic E-state index is 2.54. The van der Waals surface area contributed by atoms with Crippen molar-refractivity contribution in [3.63, 3.8) is 0 Å². The average molecular weight is 399 g/mol. The Hall–Kier alpha value is -0.677. The van der Waals surface area contributed by atoms with Crippen molar-refractivity contribution in [1.82, 2.24) is 0 Å². The van der Waals surface area contributed by atoms with E-state index in [1.165, 1.54) is 22.3 Å². The first-order chi connectivity index (χ1) is 11.0. The summed E-state index contributed by atoms with van der Waals surface area (Å²) in [6, 6.07) is 14.6. The van der Waals surface area contributed by atoms with E-state index in [2.05, 4.69) is 87.2 Å². The Morgan fingerprint density at radius 3 is 1.33 bits per heavy atom. The van der Waals surface area contributed by atoms with E-state index in [0.29, 0.717) is 0 Å². The molecule has 0 heterocycles. The van der Waals surface area contributed by atoms with Crippen molar-refractivity contribution in [3.05, 3.63) is 58.7 Å². The van der Waals surface area contributed by atoms with Gasteiger partial charge in [-0.05, 0) is 0 Å². The molecule has 2 aromatic rings. The second-order valence-electron chi connectivity index (χ2n) is 9.61. The third-order valence-corrected chi connectivity index (χ3v) is 9.70. The molecule has 0 saturated heterocycles. The maximum atomic E-state index is 2.54. The van der Waals surface area contributed by atoms with Crippen LogP contribution in [-0.4, -0.2) is 0 Å². The van der Waals surface area contributed by atoms with E-state index in [-0.39, 0.29) is 10.8 Å². The van der Waals surface area contributed by atoms with Gasteiger partial charge in [0, 0.05) is 0 Å². The van der Waals surface area contributed by atoms with Crippen molar-refractivity contribution in [2.45, 2.75) is 65.3 Å². The molecule has 0 amide bonds. The Balaban J connectivity index is 2.25. The molecule has 1 aliphatic carbocycles. The Morgan fingerprint density at radius 2 is 1.04 bits per heavy atom. The number of fused-ring (bicyclic) bond motifs is 3. The second kappa shape index (κ2) is 5.94. The summed E-state index contributed by atoms with van der Waals surface area (Å²) in [5, 5.41) is 0. The van der Waals surface area contributed by atoms with Gasteiger partial charge < -0.3 is 0 Å². The first-order valence-electron chi connectivity index (χ1n) is 9.09. The normalized spacial score (nSPS) is 14.5. The van der Waals surface area contributed by atoms with Gasteiger partial charge in [-0.1, -0.05) is 0 Å². The summed E-state index contributed by atoms with van der Waals surface area (Å²) in [6.07, 6.45) is 0. The molecule has 0 N–H and O–H groups in total. The predicted molar refractivity (Wildman–Crippen MR) is 103 cm³/mol. The quantitative estimate of drug-likeness (QED) is 0.482. The topological polar surface area (TPSA) is 0 Å². The third kappa shape index (κ3) is 3.10. The Labute approximate surface area is 156 Å². The van der Waals surface area contributed by atoms with Gasteiger partial charge in [0.15, 0.2) is 0 Å². The van der Waals surface area contributed by atoms with Gasteiger partial charge in [0.2, 0.25) is 0 Å². The van der Waals surface area contributed by atoms with Crippen LogP contribution >= 0.6 is 0 Å². The van der Waals surface area contributed by atoms with Crippen LogP contribution in [0.3, 0.4) is 0 Å². The fraction of sp³-hybridized carbons (Fsp3) is 0.478. The molecule has 1 heteroatoms. The summed E-state index contributed by atoms with van der Waals surface area (Å²) in [4.78, 5) is 0. The zero-order valence-corrected chi connectivity index (χ0v) is 19.0. The van der Waals surface area contributed by atoms with Crippen LogP contribution in [0.1, 0.15) is 67.4 Å². The second-order valence-corrected chi connectivity index (χ2v) is 16.3. The predicted octanol–water partition coefficient (Wildman–Crippen LogP) is 7.07. The van der Waals surface area contributed by atoms with Crippen LogP contribution in [0.25, 0.3) is 11.1 Å². The molecule has 2 aromatic carbocycles. The SMILES string of the molecule is [CH3][Zr]([CH3])[CH]1c2ccc(C(C)(C)C)cc2-c2cc(C(C)(C)C)ccc21. The van der Waals surface area contributed by atoms with E-state index in [1.807, 2.05) is 0 Å². The fourth-order valence-electron chi connectivity index (χ4n) is 3.81. The van der Waals surface area contributed by atoms with Gasteiger partial charge in [-0.2, -0.15) is 0 Å². The molecule has 0 unspecified atom stereocenters. The van der Waals surface area contributed by atoms with Crippen LogP contribution in [-0.2, 0) is 32.6 Å². The Morgan fingerprint density at radius 1 is 0.667 bits per heavy atom. The molecule has 127 valence electrons. The van der Waals surface area contributed by atoms with Crippen molar-refractivity contribution < 1.29 is 21.8 Å². The van der Waals surface area contributed by atoms with E-state index in [4.69, 9.17) is 0 Å². The monoisotopic (exact) mass is 397 g/mol. The van der Waals surface area contributed by atoms with E-state index in [0.717, 1.165) is 3.63 Å². The first-order valence-corrected chi connectivity index (χ1v) is 15.4. The van der Waals surface area contributed by atoms with E-state index in [1.54, 1.807) is 11.1 Å². The standard InChI is InChI=1S/C21H25.2CH3.Zr/c1-20(2,3)16-9-7-14-11-15-8-10-17(21(4,5)6)13-19(15)18(14)12-16;;;/h7-13H,1-6H3;2*1H3;. The molecule has 0 atom stereocenters. The third-order valence-electron chi connectivity index (χ3n) is 5.33. The van der Waals surface area contributed by atoms with Crippen LogP contribution in [0.2, 0.25) is 9.26 Å². The number of hydrogen-bond acceptors (Lipinski definition) is 0. The summed E-state index contributed by atoms with van der Waals surface area (Å²) in [5.74, 6) is 0. The average Bonchev–Trinajstić information content (AvgIpc) is 2.78. The molecule has 0 aromatic heterocycles. The molecule has 0 fully saturated rings. The molecular formula is C23H31Zr. The summed E-state index contributed by atoms with van der Waals surface area (Å²) in [6.45, 7) is 13.9. The molecule has 0 saturated carbocycles. The number of benzene rings is 2. The van der Waals surface area contributed by atoms with E-state index < -0.39 is 21.8 Å². The molecular weight excluding hydrogens is 367 g/mol. The minimum atomic E-state index is -1.41. The molecule has 24 heavy (non-hydrogen) atoms. The Bertz CT molecular complexity index is 706. The summed E-state index contributed by atoms with van der Waals surface area (Å²) >= 11 is -1.41. The van der Waals surface area contributed by atoms with Gasteiger partial charge >= 0.3 is 157 Å². The van der Waals surface area contributed by atoms with Gasteiger partial charge in [0.05, 0.1) is 0 Å². The molecule has 0 spiro atoms. The summed E-state index contributed by atoms with van der Waals surface area (Å²) < 4.78 is 5.81. The van der Waals surface area contributed by atoms with Crippen LogP contribution in [0.5, 0.6) is 0 Å². The summed E-state index contributed by atoms with van der Waals surface area (Å²) in [5.41, 5.74) is 9.53. The summed E-state index contributed by atoms with van der Waals surface area (Å²) in [7, 11) is 0. The van der Waals surface area contributed by atoms with E-state index in [9.17, 15) is 0 Å². The molecule has 1 aliphatic rings. The van der Waals surface area contributed by atoms with Gasteiger partial charge in [0.1, 0.15) is 0 Å². The van der Waals surface area contributed by atoms with Gasteiger partial charge in [-0.15, -0.1) is 0 Å². The van der Waals surface area contributed by atoms with Crippen molar-refractivity contribution in [3.8, 4) is 11.1 Å². The molecule has 0 nitrogen and oxygen atoms in total. The first kappa shape index (κ1) is 18.1. The van der Waals surface area contributed by atoms with E-state index >= 15 is 0 Å². The van der Waals surface area contributed by atoms with Crippen molar-refractivity contribution in [1.29, 1.82) is 0 Å². The van der Waals surface area contributed by atoms with Crippen LogP contribution < -0.4 is 0 Å². The van der Waals surface area contributed by atoms with Gasteiger partial charge in [0.25, 0.3) is 0 Å². The van der Waals surface area contributed by atoms with Crippen LogP contribution in [0.15, 0.2) is 36.4 Å². The molecule has 0 radical (unpaired) electrons. The Kier molecular flexibility index (Phi) is 4.49. The van der Waals surface area contributed by atoms with Crippen LogP contribution in [0.4, 0.5) is 0 Å². The van der Waals surface area contributed by atoms with Gasteiger partial charge in [-0.25, -0.2) is 0 Å². The van der Waals surface area contributed by atoms with Crippen LogP contribution in [0, 0.1) is 0 Å². The number of hydrogen-bond donors (Lipinski definition) is 0. The fourth-order valence-corrected chi connectivity index (χ4v) is 8.10. The van der Waals surface area contributed by atoms with Crippen molar-refractivity contribution in [2.75, 3.05) is 0 Å². The molecule has 3 rings (SSSR count). The van der Waals surface area contributed by atoms with Crippen molar-refractivity contribution in [2.24, 2.45) is 0 Å². The minimum absolute atomic E-state index is 0.203. The van der Waals surface area contributed by atoms with Crippen molar-refractivity contribution >= 4 is 0 Å². The van der Waals surface area contributed by atoms with Gasteiger partial charge in [-0.3, -0.25) is 0 Å². The zero-order valence-electron chi connectivity index (χ0n) is 16.5.